The summed E-state index contributed by atoms with van der Waals surface area (Å²) in [6, 6.07) is 0. The summed E-state index contributed by atoms with van der Waals surface area (Å²) in [5.74, 6) is 1.08. The van der Waals surface area contributed by atoms with E-state index in [1.54, 1.807) is 13.8 Å². The van der Waals surface area contributed by atoms with Gasteiger partial charge in [0.1, 0.15) is 5.76 Å². The summed E-state index contributed by atoms with van der Waals surface area (Å²) in [7, 11) is 0. The van der Waals surface area contributed by atoms with Crippen LogP contribution in [0.3, 0.4) is 0 Å². The molecule has 130 valence electrons. The van der Waals surface area contributed by atoms with Gasteiger partial charge in [-0.3, -0.25) is 9.48 Å². The third-order valence-electron chi connectivity index (χ3n) is 4.39. The molecule has 2 aromatic heterocycles. The van der Waals surface area contributed by atoms with Gasteiger partial charge in [-0.15, -0.1) is 0 Å². The Morgan fingerprint density at radius 1 is 1.46 bits per heavy atom. The highest BCUT2D eigenvalue weighted by atomic mass is 16.5. The number of carbonyl (C=O) groups is 1. The zero-order chi connectivity index (χ0) is 17.1. The van der Waals surface area contributed by atoms with Crippen LogP contribution in [-0.2, 0) is 11.3 Å². The predicted molar refractivity (Wildman–Crippen MR) is 87.6 cm³/mol. The second-order valence-corrected chi connectivity index (χ2v) is 6.17. The smallest absolute Gasteiger partial charge is 0.273 e. The van der Waals surface area contributed by atoms with E-state index in [1.165, 1.54) is 0 Å². The molecule has 0 bridgehead atoms. The Labute approximate surface area is 141 Å². The number of nitrogens with zero attached hydrogens (tertiary/aromatic N) is 3. The molecule has 3 rings (SSSR count). The van der Waals surface area contributed by atoms with E-state index in [-0.39, 0.29) is 17.9 Å². The SMILES string of the molecule is CCn1cc([C@@H]2OCCC[C@H]2CNC(=O)c2nc(C)oc2C)cn1. The minimum absolute atomic E-state index is 0.0282. The fourth-order valence-corrected chi connectivity index (χ4v) is 3.17. The summed E-state index contributed by atoms with van der Waals surface area (Å²) in [5.41, 5.74) is 1.43. The minimum atomic E-state index is -0.196. The van der Waals surface area contributed by atoms with Crippen molar-refractivity contribution in [1.29, 1.82) is 0 Å². The van der Waals surface area contributed by atoms with Crippen LogP contribution in [0.5, 0.6) is 0 Å². The molecule has 0 aliphatic carbocycles. The van der Waals surface area contributed by atoms with Gasteiger partial charge in [-0.25, -0.2) is 4.98 Å². The first-order valence-electron chi connectivity index (χ1n) is 8.44. The Balaban J connectivity index is 1.65. The van der Waals surface area contributed by atoms with Crippen molar-refractivity contribution in [3.63, 3.8) is 0 Å². The van der Waals surface area contributed by atoms with E-state index in [2.05, 4.69) is 22.3 Å². The number of nitrogens with one attached hydrogen (secondary N) is 1. The van der Waals surface area contributed by atoms with Crippen molar-refractivity contribution in [3.8, 4) is 0 Å². The number of carbonyl (C=O) groups excluding carboxylic acids is 1. The van der Waals surface area contributed by atoms with Gasteiger partial charge in [0.25, 0.3) is 5.91 Å². The predicted octanol–water partition coefficient (Wildman–Crippen LogP) is 2.41. The normalized spacial score (nSPS) is 21.0. The summed E-state index contributed by atoms with van der Waals surface area (Å²) in [6.07, 6.45) is 5.87. The molecule has 3 heterocycles. The topological polar surface area (TPSA) is 82.2 Å². The second kappa shape index (κ2) is 7.17. The summed E-state index contributed by atoms with van der Waals surface area (Å²) < 4.78 is 13.2. The molecule has 1 aliphatic heterocycles. The highest BCUT2D eigenvalue weighted by molar-refractivity contribution is 5.93. The highest BCUT2D eigenvalue weighted by Gasteiger charge is 2.29. The molecule has 1 aliphatic rings. The van der Waals surface area contributed by atoms with Gasteiger partial charge in [-0.05, 0) is 26.7 Å². The maximum Gasteiger partial charge on any atom is 0.273 e. The third kappa shape index (κ3) is 3.51. The Morgan fingerprint density at radius 2 is 2.29 bits per heavy atom. The standard InChI is InChI=1S/C17H24N4O3/c1-4-21-10-14(9-19-21)16-13(6-5-7-23-16)8-18-17(22)15-11(2)24-12(3)20-15/h9-10,13,16H,4-8H2,1-3H3,(H,18,22)/t13-,16+/m0/s1. The molecule has 7 nitrogen and oxygen atoms in total. The number of hydrogen-bond donors (Lipinski definition) is 1. The van der Waals surface area contributed by atoms with Crippen LogP contribution in [0.4, 0.5) is 0 Å². The van der Waals surface area contributed by atoms with Gasteiger partial charge < -0.3 is 14.5 Å². The number of ether oxygens (including phenoxy) is 1. The van der Waals surface area contributed by atoms with E-state index in [4.69, 9.17) is 9.15 Å². The van der Waals surface area contributed by atoms with Gasteiger partial charge in [-0.2, -0.15) is 5.10 Å². The first kappa shape index (κ1) is 16.7. The summed E-state index contributed by atoms with van der Waals surface area (Å²) in [6.45, 7) is 7.66. The average molecular weight is 332 g/mol. The van der Waals surface area contributed by atoms with E-state index < -0.39 is 0 Å². The lowest BCUT2D eigenvalue weighted by Gasteiger charge is -2.31. The molecule has 0 radical (unpaired) electrons. The van der Waals surface area contributed by atoms with Crippen LogP contribution in [0.15, 0.2) is 16.8 Å². The Hall–Kier alpha value is -2.15. The van der Waals surface area contributed by atoms with Crippen LogP contribution >= 0.6 is 0 Å². The summed E-state index contributed by atoms with van der Waals surface area (Å²) in [5, 5.41) is 7.30. The van der Waals surface area contributed by atoms with Crippen LogP contribution in [-0.4, -0.2) is 33.8 Å². The fourth-order valence-electron chi connectivity index (χ4n) is 3.17. The van der Waals surface area contributed by atoms with Crippen molar-refractivity contribution in [2.75, 3.05) is 13.2 Å². The zero-order valence-corrected chi connectivity index (χ0v) is 14.4. The van der Waals surface area contributed by atoms with Gasteiger partial charge >= 0.3 is 0 Å². The van der Waals surface area contributed by atoms with Crippen molar-refractivity contribution in [1.82, 2.24) is 20.1 Å². The zero-order valence-electron chi connectivity index (χ0n) is 14.4. The van der Waals surface area contributed by atoms with Crippen LogP contribution in [0.2, 0.25) is 0 Å². The number of aromatic nitrogens is 3. The third-order valence-corrected chi connectivity index (χ3v) is 4.39. The lowest BCUT2D eigenvalue weighted by molar-refractivity contribution is -0.0273. The molecule has 2 aromatic rings. The average Bonchev–Trinajstić information content (AvgIpc) is 3.19. The summed E-state index contributed by atoms with van der Waals surface area (Å²) in [4.78, 5) is 16.5. The highest BCUT2D eigenvalue weighted by Crippen LogP contribution is 2.33. The van der Waals surface area contributed by atoms with Gasteiger partial charge in [0.2, 0.25) is 0 Å². The number of amides is 1. The van der Waals surface area contributed by atoms with Crippen LogP contribution in [0, 0.1) is 19.8 Å². The molecule has 1 N–H and O–H groups in total. The van der Waals surface area contributed by atoms with Crippen molar-refractivity contribution < 1.29 is 13.9 Å². The van der Waals surface area contributed by atoms with E-state index in [0.29, 0.717) is 23.9 Å². The molecule has 7 heteroatoms. The molecular formula is C17H24N4O3. The Bertz CT molecular complexity index is 707. The van der Waals surface area contributed by atoms with Crippen LogP contribution in [0.1, 0.15) is 53.6 Å². The van der Waals surface area contributed by atoms with E-state index >= 15 is 0 Å². The monoisotopic (exact) mass is 332 g/mol. The molecule has 0 spiro atoms. The van der Waals surface area contributed by atoms with Gasteiger partial charge in [0.15, 0.2) is 11.6 Å². The minimum Gasteiger partial charge on any atom is -0.445 e. The van der Waals surface area contributed by atoms with Crippen LogP contribution in [0.25, 0.3) is 0 Å². The molecule has 0 aromatic carbocycles. The maximum atomic E-state index is 12.3. The lowest BCUT2D eigenvalue weighted by atomic mass is 9.91. The molecule has 1 amide bonds. The van der Waals surface area contributed by atoms with Crippen molar-refractivity contribution >= 4 is 5.91 Å². The number of hydrogen-bond acceptors (Lipinski definition) is 5. The number of aryl methyl sites for hydroxylation is 3. The lowest BCUT2D eigenvalue weighted by Crippen LogP contribution is -2.35. The molecule has 1 saturated heterocycles. The van der Waals surface area contributed by atoms with Crippen molar-refractivity contribution in [3.05, 3.63) is 35.3 Å². The molecule has 2 atom stereocenters. The molecule has 0 saturated carbocycles. The van der Waals surface area contributed by atoms with Crippen molar-refractivity contribution in [2.24, 2.45) is 5.92 Å². The van der Waals surface area contributed by atoms with E-state index in [1.807, 2.05) is 17.1 Å². The van der Waals surface area contributed by atoms with E-state index in [0.717, 1.165) is 31.6 Å². The first-order valence-corrected chi connectivity index (χ1v) is 8.44. The quantitative estimate of drug-likeness (QED) is 0.909. The molecule has 24 heavy (non-hydrogen) atoms. The molecule has 1 fully saturated rings. The molecule has 0 unspecified atom stereocenters. The van der Waals surface area contributed by atoms with Crippen molar-refractivity contribution in [2.45, 2.75) is 46.3 Å². The first-order chi connectivity index (χ1) is 11.6. The second-order valence-electron chi connectivity index (χ2n) is 6.17. The van der Waals surface area contributed by atoms with E-state index in [9.17, 15) is 4.79 Å². The Kier molecular flexibility index (Phi) is 4.99. The molecular weight excluding hydrogens is 308 g/mol. The number of rotatable bonds is 5. The van der Waals surface area contributed by atoms with Gasteiger partial charge in [-0.1, -0.05) is 0 Å². The number of oxazole rings is 1. The van der Waals surface area contributed by atoms with Gasteiger partial charge in [0, 0.05) is 44.3 Å². The van der Waals surface area contributed by atoms with Gasteiger partial charge in [0.05, 0.1) is 12.3 Å². The largest absolute Gasteiger partial charge is 0.445 e. The Morgan fingerprint density at radius 3 is 2.96 bits per heavy atom. The maximum absolute atomic E-state index is 12.3. The van der Waals surface area contributed by atoms with Crippen LogP contribution < -0.4 is 5.32 Å². The fraction of sp³-hybridized carbons (Fsp3) is 0.588. The summed E-state index contributed by atoms with van der Waals surface area (Å²) >= 11 is 0.